The van der Waals surface area contributed by atoms with Crippen LogP contribution in [0.2, 0.25) is 0 Å². The van der Waals surface area contributed by atoms with E-state index in [4.69, 9.17) is 15.2 Å². The lowest BCUT2D eigenvalue weighted by atomic mass is 10.00. The molecule has 22 heavy (non-hydrogen) atoms. The van der Waals surface area contributed by atoms with E-state index >= 15 is 0 Å². The van der Waals surface area contributed by atoms with Crippen molar-refractivity contribution in [1.82, 2.24) is 4.98 Å². The molecule has 0 saturated carbocycles. The molecule has 0 bridgehead atoms. The van der Waals surface area contributed by atoms with Crippen LogP contribution in [0.1, 0.15) is 34.1 Å². The predicted molar refractivity (Wildman–Crippen MR) is 81.6 cm³/mol. The first-order chi connectivity index (χ1) is 10.3. The van der Waals surface area contributed by atoms with Gasteiger partial charge in [0.05, 0.1) is 6.61 Å². The number of carbonyl (C=O) groups excluding carboxylic acids is 2. The van der Waals surface area contributed by atoms with Gasteiger partial charge < -0.3 is 15.2 Å². The minimum absolute atomic E-state index is 0.231. The van der Waals surface area contributed by atoms with Crippen molar-refractivity contribution in [3.05, 3.63) is 12.1 Å². The number of hydrogen-bond donors (Lipinski definition) is 1. The van der Waals surface area contributed by atoms with Gasteiger partial charge in [0.1, 0.15) is 11.4 Å². The van der Waals surface area contributed by atoms with E-state index in [1.54, 1.807) is 32.9 Å². The molecule has 120 valence electrons. The molecule has 0 saturated heterocycles. The summed E-state index contributed by atoms with van der Waals surface area (Å²) in [6.45, 7) is 7.03. The van der Waals surface area contributed by atoms with Gasteiger partial charge in [-0.2, -0.15) is 0 Å². The lowest BCUT2D eigenvalue weighted by Gasteiger charge is -2.41. The monoisotopic (exact) mass is 307 g/mol. The smallest absolute Gasteiger partial charge is 0.331 e. The molecule has 1 amide bonds. The molecule has 7 heteroatoms. The summed E-state index contributed by atoms with van der Waals surface area (Å²) in [6.07, 6.45) is -0.176. The number of rotatable bonds is 4. The molecule has 2 heterocycles. The van der Waals surface area contributed by atoms with E-state index in [-0.39, 0.29) is 24.1 Å². The quantitative estimate of drug-likeness (QED) is 0.847. The summed E-state index contributed by atoms with van der Waals surface area (Å²) in [6, 6.07) is 3.25. The lowest BCUT2D eigenvalue weighted by molar-refractivity contribution is -0.150. The minimum atomic E-state index is -1.21. The van der Waals surface area contributed by atoms with Gasteiger partial charge >= 0.3 is 5.97 Å². The second-order valence-corrected chi connectivity index (χ2v) is 5.53. The molecule has 1 atom stereocenters. The third-order valence-corrected chi connectivity index (χ3v) is 3.54. The van der Waals surface area contributed by atoms with E-state index in [1.165, 1.54) is 4.90 Å². The van der Waals surface area contributed by atoms with Crippen LogP contribution >= 0.6 is 0 Å². The largest absolute Gasteiger partial charge is 0.477 e. The van der Waals surface area contributed by atoms with Crippen molar-refractivity contribution in [2.75, 3.05) is 17.2 Å². The number of nitrogens with two attached hydrogens (primary N) is 1. The third kappa shape index (κ3) is 2.58. The van der Waals surface area contributed by atoms with Crippen LogP contribution in [0.4, 0.5) is 11.6 Å². The number of aromatic nitrogens is 1. The average molecular weight is 307 g/mol. The Kier molecular flexibility index (Phi) is 4.25. The first-order valence-electron chi connectivity index (χ1n) is 7.27. The van der Waals surface area contributed by atoms with Crippen molar-refractivity contribution in [2.45, 2.75) is 45.8 Å². The van der Waals surface area contributed by atoms with Gasteiger partial charge in [0, 0.05) is 0 Å². The zero-order valence-corrected chi connectivity index (χ0v) is 13.3. The van der Waals surface area contributed by atoms with E-state index in [0.717, 1.165) is 0 Å². The number of pyridine rings is 1. The van der Waals surface area contributed by atoms with Crippen LogP contribution in [-0.4, -0.2) is 35.1 Å². The number of nitrogen functional groups attached to an aromatic ring is 1. The highest BCUT2D eigenvalue weighted by atomic mass is 16.5. The van der Waals surface area contributed by atoms with Crippen LogP contribution < -0.4 is 15.4 Å². The summed E-state index contributed by atoms with van der Waals surface area (Å²) in [7, 11) is 0. The SMILES string of the molecule is CCOC(=O)C(C)(C)N1C(=O)C(CC)Oc2ccc(N)nc21. The molecule has 1 aromatic rings. The van der Waals surface area contributed by atoms with Crippen LogP contribution in [0.15, 0.2) is 12.1 Å². The number of amides is 1. The van der Waals surface area contributed by atoms with Crippen LogP contribution in [0.5, 0.6) is 5.75 Å². The summed E-state index contributed by atoms with van der Waals surface area (Å²) in [4.78, 5) is 30.5. The highest BCUT2D eigenvalue weighted by Gasteiger charge is 2.47. The van der Waals surface area contributed by atoms with E-state index in [2.05, 4.69) is 4.98 Å². The van der Waals surface area contributed by atoms with Gasteiger partial charge in [-0.25, -0.2) is 9.78 Å². The number of hydrogen-bond acceptors (Lipinski definition) is 6. The predicted octanol–water partition coefficient (Wildman–Crippen LogP) is 1.51. The third-order valence-electron chi connectivity index (χ3n) is 3.54. The van der Waals surface area contributed by atoms with Crippen molar-refractivity contribution in [3.8, 4) is 5.75 Å². The van der Waals surface area contributed by atoms with Crippen molar-refractivity contribution in [1.29, 1.82) is 0 Å². The fourth-order valence-electron chi connectivity index (χ4n) is 2.35. The molecule has 1 aliphatic rings. The van der Waals surface area contributed by atoms with Gasteiger partial charge in [0.2, 0.25) is 0 Å². The molecule has 0 spiro atoms. The normalized spacial score (nSPS) is 17.7. The number of nitrogens with zero attached hydrogens (tertiary/aromatic N) is 2. The maximum Gasteiger partial charge on any atom is 0.331 e. The summed E-state index contributed by atoms with van der Waals surface area (Å²) in [5, 5.41) is 0. The maximum absolute atomic E-state index is 12.7. The van der Waals surface area contributed by atoms with Gasteiger partial charge in [-0.3, -0.25) is 9.69 Å². The number of ether oxygens (including phenoxy) is 2. The lowest BCUT2D eigenvalue weighted by Crippen LogP contribution is -2.59. The Labute approximate surface area is 129 Å². The van der Waals surface area contributed by atoms with Crippen molar-refractivity contribution >= 4 is 23.5 Å². The van der Waals surface area contributed by atoms with Gasteiger partial charge in [-0.15, -0.1) is 0 Å². The zero-order valence-electron chi connectivity index (χ0n) is 13.3. The summed E-state index contributed by atoms with van der Waals surface area (Å²) < 4.78 is 10.7. The molecule has 2 rings (SSSR count). The molecular weight excluding hydrogens is 286 g/mol. The number of fused-ring (bicyclic) bond motifs is 1. The second-order valence-electron chi connectivity index (χ2n) is 5.53. The van der Waals surface area contributed by atoms with Crippen molar-refractivity contribution in [2.24, 2.45) is 0 Å². The standard InChI is InChI=1S/C15H21N3O4/c1-5-9-13(19)18(15(3,4)14(20)21-6-2)12-10(22-9)7-8-11(16)17-12/h7-9H,5-6H2,1-4H3,(H2,16,17). The number of carbonyl (C=O) groups is 2. The topological polar surface area (TPSA) is 94.8 Å². The highest BCUT2D eigenvalue weighted by Crippen LogP contribution is 2.38. The van der Waals surface area contributed by atoms with Crippen molar-refractivity contribution in [3.63, 3.8) is 0 Å². The van der Waals surface area contributed by atoms with E-state index in [0.29, 0.717) is 12.2 Å². The zero-order chi connectivity index (χ0) is 16.5. The van der Waals surface area contributed by atoms with Crippen LogP contribution in [0.25, 0.3) is 0 Å². The minimum Gasteiger partial charge on any atom is -0.477 e. The van der Waals surface area contributed by atoms with Gasteiger partial charge in [-0.05, 0) is 39.3 Å². The van der Waals surface area contributed by atoms with Crippen LogP contribution in [-0.2, 0) is 14.3 Å². The molecule has 0 aromatic carbocycles. The molecule has 1 aromatic heterocycles. The molecular formula is C15H21N3O4. The van der Waals surface area contributed by atoms with Crippen LogP contribution in [0.3, 0.4) is 0 Å². The first-order valence-corrected chi connectivity index (χ1v) is 7.27. The highest BCUT2D eigenvalue weighted by molar-refractivity contribution is 6.05. The van der Waals surface area contributed by atoms with E-state index in [9.17, 15) is 9.59 Å². The Morgan fingerprint density at radius 2 is 2.14 bits per heavy atom. The number of anilines is 2. The van der Waals surface area contributed by atoms with E-state index in [1.807, 2.05) is 6.92 Å². The molecule has 7 nitrogen and oxygen atoms in total. The first kappa shape index (κ1) is 16.1. The molecule has 0 aliphatic carbocycles. The fourth-order valence-corrected chi connectivity index (χ4v) is 2.35. The Bertz CT molecular complexity index is 600. The van der Waals surface area contributed by atoms with Gasteiger partial charge in [0.15, 0.2) is 17.7 Å². The molecule has 1 unspecified atom stereocenters. The molecule has 2 N–H and O–H groups in total. The van der Waals surface area contributed by atoms with Crippen molar-refractivity contribution < 1.29 is 19.1 Å². The maximum atomic E-state index is 12.7. The molecule has 1 aliphatic heterocycles. The molecule has 0 fully saturated rings. The summed E-state index contributed by atoms with van der Waals surface area (Å²) in [5.41, 5.74) is 4.51. The Morgan fingerprint density at radius 3 is 2.73 bits per heavy atom. The number of esters is 1. The fraction of sp³-hybridized carbons (Fsp3) is 0.533. The average Bonchev–Trinajstić information content (AvgIpc) is 2.46. The molecule has 0 radical (unpaired) electrons. The summed E-state index contributed by atoms with van der Waals surface area (Å²) >= 11 is 0. The van der Waals surface area contributed by atoms with Crippen LogP contribution in [0, 0.1) is 0 Å². The van der Waals surface area contributed by atoms with E-state index < -0.39 is 17.6 Å². The second kappa shape index (κ2) is 5.82. The Morgan fingerprint density at radius 1 is 1.45 bits per heavy atom. The van der Waals surface area contributed by atoms with Gasteiger partial charge in [0.25, 0.3) is 5.91 Å². The Hall–Kier alpha value is -2.31. The Balaban J connectivity index is 2.54. The van der Waals surface area contributed by atoms with Gasteiger partial charge in [-0.1, -0.05) is 6.92 Å². The summed E-state index contributed by atoms with van der Waals surface area (Å²) in [5.74, 6) is 0.0852.